The van der Waals surface area contributed by atoms with Crippen LogP contribution in [0.4, 0.5) is 5.69 Å². The maximum atomic E-state index is 12.3. The van der Waals surface area contributed by atoms with E-state index in [1.165, 1.54) is 0 Å². The number of hydrogen-bond acceptors (Lipinski definition) is 6. The molecular formula is C26H25NO6. The number of Topliss-reactive ketones (excluding diaryl/α,β-unsaturated/α-hetero) is 1. The van der Waals surface area contributed by atoms with Crippen LogP contribution in [-0.2, 0) is 16.0 Å². The van der Waals surface area contributed by atoms with Gasteiger partial charge in [-0.2, -0.15) is 0 Å². The molecule has 0 atom stereocenters. The van der Waals surface area contributed by atoms with Gasteiger partial charge in [0.25, 0.3) is 5.91 Å². The summed E-state index contributed by atoms with van der Waals surface area (Å²) in [5, 5.41) is 2.77. The maximum Gasteiger partial charge on any atom is 0.306 e. The lowest BCUT2D eigenvalue weighted by molar-refractivity contribution is -0.142. The Balaban J connectivity index is 1.46. The monoisotopic (exact) mass is 447 g/mol. The average molecular weight is 447 g/mol. The second kappa shape index (κ2) is 11.5. The first-order valence-corrected chi connectivity index (χ1v) is 10.4. The Labute approximate surface area is 192 Å². The van der Waals surface area contributed by atoms with Crippen LogP contribution in [0.2, 0.25) is 0 Å². The number of benzene rings is 3. The molecule has 7 nitrogen and oxygen atoms in total. The number of anilines is 1. The van der Waals surface area contributed by atoms with Crippen LogP contribution < -0.4 is 14.8 Å². The molecule has 1 amide bonds. The minimum absolute atomic E-state index is 0.132. The van der Waals surface area contributed by atoms with Gasteiger partial charge in [0.2, 0.25) is 0 Å². The highest BCUT2D eigenvalue weighted by molar-refractivity contribution is 6.04. The fourth-order valence-corrected chi connectivity index (χ4v) is 3.12. The molecular weight excluding hydrogens is 422 g/mol. The maximum absolute atomic E-state index is 12.3. The summed E-state index contributed by atoms with van der Waals surface area (Å²) < 4.78 is 15.6. The first-order valence-electron chi connectivity index (χ1n) is 10.4. The third-order valence-corrected chi connectivity index (χ3v) is 4.93. The molecule has 7 heteroatoms. The summed E-state index contributed by atoms with van der Waals surface area (Å²) in [6.07, 6.45) is 0.580. The lowest BCUT2D eigenvalue weighted by Crippen LogP contribution is -2.15. The van der Waals surface area contributed by atoms with Crippen molar-refractivity contribution in [3.05, 3.63) is 89.5 Å². The van der Waals surface area contributed by atoms with Crippen molar-refractivity contribution in [1.82, 2.24) is 0 Å². The molecule has 0 aliphatic rings. The van der Waals surface area contributed by atoms with Gasteiger partial charge in [0.1, 0.15) is 0 Å². The molecule has 0 aliphatic heterocycles. The third-order valence-electron chi connectivity index (χ3n) is 4.93. The fraction of sp³-hybridized carbons (Fsp3) is 0.192. The fourth-order valence-electron chi connectivity index (χ4n) is 3.12. The molecule has 3 aromatic rings. The minimum Gasteiger partial charge on any atom is -0.493 e. The lowest BCUT2D eigenvalue weighted by Gasteiger charge is -2.09. The van der Waals surface area contributed by atoms with Crippen LogP contribution in [0.3, 0.4) is 0 Å². The van der Waals surface area contributed by atoms with Gasteiger partial charge in [-0.05, 0) is 60.5 Å². The third kappa shape index (κ3) is 6.67. The van der Waals surface area contributed by atoms with Crippen molar-refractivity contribution >= 4 is 23.3 Å². The van der Waals surface area contributed by atoms with Gasteiger partial charge >= 0.3 is 5.97 Å². The highest BCUT2D eigenvalue weighted by Gasteiger charge is 2.12. The van der Waals surface area contributed by atoms with Gasteiger partial charge in [-0.1, -0.05) is 24.3 Å². The zero-order valence-corrected chi connectivity index (χ0v) is 18.5. The molecule has 3 rings (SSSR count). The van der Waals surface area contributed by atoms with Crippen LogP contribution in [0, 0.1) is 0 Å². The van der Waals surface area contributed by atoms with Gasteiger partial charge in [-0.3, -0.25) is 14.4 Å². The van der Waals surface area contributed by atoms with Gasteiger partial charge in [-0.15, -0.1) is 0 Å². The van der Waals surface area contributed by atoms with Crippen molar-refractivity contribution < 1.29 is 28.6 Å². The number of esters is 1. The summed E-state index contributed by atoms with van der Waals surface area (Å²) in [4.78, 5) is 36.6. The highest BCUT2D eigenvalue weighted by Crippen LogP contribution is 2.28. The van der Waals surface area contributed by atoms with Gasteiger partial charge < -0.3 is 19.5 Å². The normalized spacial score (nSPS) is 10.2. The number of methoxy groups -OCH3 is 2. The van der Waals surface area contributed by atoms with Crippen molar-refractivity contribution in [2.24, 2.45) is 0 Å². The molecule has 0 radical (unpaired) electrons. The number of amides is 1. The number of ketones is 1. The number of carbonyl (C=O) groups is 3. The first kappa shape index (κ1) is 23.5. The molecule has 0 bridgehead atoms. The zero-order chi connectivity index (χ0) is 23.6. The first-order chi connectivity index (χ1) is 16.0. The van der Waals surface area contributed by atoms with Crippen LogP contribution in [0.25, 0.3) is 0 Å². The van der Waals surface area contributed by atoms with Gasteiger partial charge in [0, 0.05) is 23.2 Å². The summed E-state index contributed by atoms with van der Waals surface area (Å²) >= 11 is 0. The Morgan fingerprint density at radius 2 is 1.48 bits per heavy atom. The molecule has 0 unspecified atom stereocenters. The van der Waals surface area contributed by atoms with Crippen LogP contribution in [0.15, 0.2) is 72.8 Å². The molecule has 170 valence electrons. The Morgan fingerprint density at radius 3 is 2.15 bits per heavy atom. The second-order valence-corrected chi connectivity index (χ2v) is 7.17. The molecule has 0 heterocycles. The Kier molecular flexibility index (Phi) is 8.18. The molecule has 1 N–H and O–H groups in total. The van der Waals surface area contributed by atoms with Crippen LogP contribution >= 0.6 is 0 Å². The van der Waals surface area contributed by atoms with E-state index in [0.717, 1.165) is 5.56 Å². The molecule has 0 aliphatic carbocycles. The molecule has 0 saturated heterocycles. The van der Waals surface area contributed by atoms with E-state index in [0.29, 0.717) is 34.7 Å². The number of carbonyl (C=O) groups excluding carboxylic acids is 3. The van der Waals surface area contributed by atoms with E-state index in [9.17, 15) is 14.4 Å². The van der Waals surface area contributed by atoms with Crippen LogP contribution in [-0.4, -0.2) is 38.5 Å². The van der Waals surface area contributed by atoms with E-state index < -0.39 is 5.97 Å². The van der Waals surface area contributed by atoms with E-state index in [2.05, 4.69) is 5.32 Å². The van der Waals surface area contributed by atoms with E-state index >= 15 is 0 Å². The van der Waals surface area contributed by atoms with Crippen LogP contribution in [0.5, 0.6) is 11.5 Å². The van der Waals surface area contributed by atoms with E-state index in [1.54, 1.807) is 74.9 Å². The van der Waals surface area contributed by atoms with E-state index in [4.69, 9.17) is 14.2 Å². The number of rotatable bonds is 10. The second-order valence-electron chi connectivity index (χ2n) is 7.17. The quantitative estimate of drug-likeness (QED) is 0.368. The minimum atomic E-state index is -0.468. The van der Waals surface area contributed by atoms with Gasteiger partial charge in [0.15, 0.2) is 23.9 Å². The zero-order valence-electron chi connectivity index (χ0n) is 18.5. The standard InChI is InChI=1S/C26H25NO6/c1-31-23-14-8-18(16-24(23)32-2)9-15-25(29)33-17-22(28)19-10-12-21(13-11-19)27-26(30)20-6-4-3-5-7-20/h3-8,10-14,16H,9,15,17H2,1-2H3,(H,27,30). The number of aryl methyl sites for hydroxylation is 1. The van der Waals surface area contributed by atoms with Crippen molar-refractivity contribution in [2.45, 2.75) is 12.8 Å². The summed E-state index contributed by atoms with van der Waals surface area (Å²) in [7, 11) is 3.10. The predicted octanol–water partition coefficient (Wildman–Crippen LogP) is 4.31. The van der Waals surface area contributed by atoms with Crippen molar-refractivity contribution in [3.63, 3.8) is 0 Å². The Hall–Kier alpha value is -4.13. The Morgan fingerprint density at radius 1 is 0.788 bits per heavy atom. The summed E-state index contributed by atoms with van der Waals surface area (Å²) in [6.45, 7) is -0.347. The largest absolute Gasteiger partial charge is 0.493 e. The van der Waals surface area contributed by atoms with E-state index in [1.807, 2.05) is 12.1 Å². The smallest absolute Gasteiger partial charge is 0.306 e. The summed E-state index contributed by atoms with van der Waals surface area (Å²) in [5.41, 5.74) is 2.38. The van der Waals surface area contributed by atoms with Gasteiger partial charge in [-0.25, -0.2) is 0 Å². The van der Waals surface area contributed by atoms with Crippen molar-refractivity contribution in [2.75, 3.05) is 26.1 Å². The number of ether oxygens (including phenoxy) is 3. The molecule has 0 aromatic heterocycles. The predicted molar refractivity (Wildman–Crippen MR) is 124 cm³/mol. The summed E-state index contributed by atoms with van der Waals surface area (Å²) in [5.74, 6) is 0.167. The topological polar surface area (TPSA) is 90.9 Å². The Bertz CT molecular complexity index is 1110. The SMILES string of the molecule is COc1ccc(CCC(=O)OCC(=O)c2ccc(NC(=O)c3ccccc3)cc2)cc1OC. The van der Waals surface area contributed by atoms with Crippen LogP contribution in [0.1, 0.15) is 32.7 Å². The molecule has 33 heavy (non-hydrogen) atoms. The van der Waals surface area contributed by atoms with E-state index in [-0.39, 0.29) is 24.7 Å². The molecule has 0 fully saturated rings. The lowest BCUT2D eigenvalue weighted by atomic mass is 10.1. The van der Waals surface area contributed by atoms with Crippen molar-refractivity contribution in [1.29, 1.82) is 0 Å². The number of nitrogens with one attached hydrogen (secondary N) is 1. The van der Waals surface area contributed by atoms with Crippen molar-refractivity contribution in [3.8, 4) is 11.5 Å². The highest BCUT2D eigenvalue weighted by atomic mass is 16.5. The average Bonchev–Trinajstić information content (AvgIpc) is 2.86. The molecule has 0 saturated carbocycles. The molecule has 3 aromatic carbocycles. The number of hydrogen-bond donors (Lipinski definition) is 1. The summed E-state index contributed by atoms with van der Waals surface area (Å²) in [6, 6.07) is 20.7. The van der Waals surface area contributed by atoms with Gasteiger partial charge in [0.05, 0.1) is 14.2 Å². The molecule has 0 spiro atoms.